The summed E-state index contributed by atoms with van der Waals surface area (Å²) in [6.07, 6.45) is 1.72. The summed E-state index contributed by atoms with van der Waals surface area (Å²) in [5, 5.41) is 9.57. The quantitative estimate of drug-likeness (QED) is 0.843. The van der Waals surface area contributed by atoms with Crippen LogP contribution in [-0.2, 0) is 9.47 Å². The molecule has 3 heterocycles. The van der Waals surface area contributed by atoms with Gasteiger partial charge in [0.15, 0.2) is 11.5 Å². The molecule has 2 aromatic heterocycles. The van der Waals surface area contributed by atoms with Gasteiger partial charge in [0.1, 0.15) is 23.2 Å². The molecule has 3 rings (SSSR count). The SMILES string of the molecule is CO[C@H]1C[C@H](n2cnc3c(N)nc(C)nc32)O[C@]1(C)CO. The molecule has 1 saturated heterocycles. The third-order valence-electron chi connectivity index (χ3n) is 3.97. The topological polar surface area (TPSA) is 108 Å². The van der Waals surface area contributed by atoms with E-state index in [2.05, 4.69) is 15.0 Å². The Kier molecular flexibility index (Phi) is 3.31. The summed E-state index contributed by atoms with van der Waals surface area (Å²) in [6.45, 7) is 3.48. The van der Waals surface area contributed by atoms with Crippen molar-refractivity contribution < 1.29 is 14.6 Å². The molecule has 0 aliphatic carbocycles. The van der Waals surface area contributed by atoms with Crippen LogP contribution in [0.2, 0.25) is 0 Å². The van der Waals surface area contributed by atoms with Gasteiger partial charge in [0.05, 0.1) is 19.0 Å². The molecular formula is C13H19N5O3. The van der Waals surface area contributed by atoms with E-state index in [-0.39, 0.29) is 18.9 Å². The predicted octanol–water partition coefficient (Wildman–Crippen LogP) is 0.402. The van der Waals surface area contributed by atoms with Gasteiger partial charge >= 0.3 is 0 Å². The second kappa shape index (κ2) is 4.90. The highest BCUT2D eigenvalue weighted by Crippen LogP contribution is 2.39. The summed E-state index contributed by atoms with van der Waals surface area (Å²) >= 11 is 0. The summed E-state index contributed by atoms with van der Waals surface area (Å²) in [5.41, 5.74) is 6.30. The number of hydrogen-bond acceptors (Lipinski definition) is 7. The van der Waals surface area contributed by atoms with Crippen LogP contribution < -0.4 is 5.73 Å². The van der Waals surface area contributed by atoms with Gasteiger partial charge in [-0.15, -0.1) is 0 Å². The molecule has 0 radical (unpaired) electrons. The molecule has 1 aliphatic heterocycles. The monoisotopic (exact) mass is 293 g/mol. The normalized spacial score (nSPS) is 29.3. The Morgan fingerprint density at radius 2 is 2.33 bits per heavy atom. The molecule has 0 spiro atoms. The molecule has 8 heteroatoms. The molecular weight excluding hydrogens is 274 g/mol. The van der Waals surface area contributed by atoms with Crippen LogP contribution in [0.5, 0.6) is 0 Å². The maximum absolute atomic E-state index is 9.57. The highest BCUT2D eigenvalue weighted by Gasteiger charge is 2.46. The van der Waals surface area contributed by atoms with Crippen LogP contribution in [0.4, 0.5) is 5.82 Å². The Morgan fingerprint density at radius 3 is 2.95 bits per heavy atom. The summed E-state index contributed by atoms with van der Waals surface area (Å²) in [4.78, 5) is 12.8. The lowest BCUT2D eigenvalue weighted by molar-refractivity contribution is -0.121. The van der Waals surface area contributed by atoms with Gasteiger partial charge in [0.2, 0.25) is 0 Å². The average molecular weight is 293 g/mol. The number of fused-ring (bicyclic) bond motifs is 1. The Bertz CT molecular complexity index is 673. The Balaban J connectivity index is 2.02. The van der Waals surface area contributed by atoms with Crippen molar-refractivity contribution in [2.24, 2.45) is 0 Å². The molecule has 1 fully saturated rings. The fraction of sp³-hybridized carbons (Fsp3) is 0.615. The Hall–Kier alpha value is -1.77. The number of nitrogens with zero attached hydrogens (tertiary/aromatic N) is 4. The lowest BCUT2D eigenvalue weighted by atomic mass is 10.0. The number of anilines is 1. The summed E-state index contributed by atoms with van der Waals surface area (Å²) in [5.74, 6) is 0.926. The van der Waals surface area contributed by atoms with Gasteiger partial charge < -0.3 is 20.3 Å². The number of aryl methyl sites for hydroxylation is 1. The van der Waals surface area contributed by atoms with Crippen molar-refractivity contribution in [3.05, 3.63) is 12.2 Å². The van der Waals surface area contributed by atoms with Crippen LogP contribution >= 0.6 is 0 Å². The maximum atomic E-state index is 9.57. The number of aliphatic hydroxyl groups is 1. The second-order valence-corrected chi connectivity index (χ2v) is 5.48. The van der Waals surface area contributed by atoms with E-state index >= 15 is 0 Å². The molecule has 0 bridgehead atoms. The number of imidazole rings is 1. The number of hydrogen-bond donors (Lipinski definition) is 2. The van der Waals surface area contributed by atoms with Gasteiger partial charge in [-0.05, 0) is 13.8 Å². The Labute approximate surface area is 121 Å². The van der Waals surface area contributed by atoms with Crippen molar-refractivity contribution in [2.45, 2.75) is 38.2 Å². The molecule has 114 valence electrons. The van der Waals surface area contributed by atoms with Gasteiger partial charge in [-0.25, -0.2) is 15.0 Å². The van der Waals surface area contributed by atoms with Crippen LogP contribution in [-0.4, -0.2) is 50.0 Å². The molecule has 3 N–H and O–H groups in total. The van der Waals surface area contributed by atoms with Crippen molar-refractivity contribution in [1.82, 2.24) is 19.5 Å². The largest absolute Gasteiger partial charge is 0.393 e. The summed E-state index contributed by atoms with van der Waals surface area (Å²) < 4.78 is 13.2. The fourth-order valence-electron chi connectivity index (χ4n) is 2.78. The number of ether oxygens (including phenoxy) is 2. The standard InChI is InChI=1S/C13H19N5O3/c1-7-16-11(14)10-12(17-7)18(6-15-10)9-4-8(20-3)13(2,5-19)21-9/h6,8-9,19H,4-5H2,1-3H3,(H2,14,16,17)/t8-,9+,13+/m0/s1. The van der Waals surface area contributed by atoms with E-state index in [9.17, 15) is 5.11 Å². The average Bonchev–Trinajstić information content (AvgIpc) is 3.00. The molecule has 3 atom stereocenters. The third-order valence-corrected chi connectivity index (χ3v) is 3.97. The number of rotatable bonds is 3. The van der Waals surface area contributed by atoms with E-state index in [4.69, 9.17) is 15.2 Å². The minimum absolute atomic E-state index is 0.120. The summed E-state index contributed by atoms with van der Waals surface area (Å²) in [6, 6.07) is 0. The minimum atomic E-state index is -0.746. The van der Waals surface area contributed by atoms with Gasteiger partial charge in [0.25, 0.3) is 0 Å². The van der Waals surface area contributed by atoms with Crippen molar-refractivity contribution >= 4 is 17.0 Å². The highest BCUT2D eigenvalue weighted by molar-refractivity contribution is 5.81. The predicted molar refractivity (Wildman–Crippen MR) is 75.5 cm³/mol. The molecule has 2 aromatic rings. The first-order chi connectivity index (χ1) is 9.98. The van der Waals surface area contributed by atoms with Gasteiger partial charge in [-0.1, -0.05) is 0 Å². The van der Waals surface area contributed by atoms with Crippen LogP contribution in [0.3, 0.4) is 0 Å². The van der Waals surface area contributed by atoms with Crippen LogP contribution in [0.15, 0.2) is 6.33 Å². The molecule has 0 unspecified atom stereocenters. The lowest BCUT2D eigenvalue weighted by Gasteiger charge is -2.27. The molecule has 0 saturated carbocycles. The van der Waals surface area contributed by atoms with Crippen molar-refractivity contribution in [3.63, 3.8) is 0 Å². The zero-order chi connectivity index (χ0) is 15.2. The first-order valence-corrected chi connectivity index (χ1v) is 6.76. The van der Waals surface area contributed by atoms with Gasteiger partial charge in [-0.3, -0.25) is 4.57 Å². The van der Waals surface area contributed by atoms with Gasteiger partial charge in [-0.2, -0.15) is 0 Å². The molecule has 0 amide bonds. The highest BCUT2D eigenvalue weighted by atomic mass is 16.6. The molecule has 8 nitrogen and oxygen atoms in total. The van der Waals surface area contributed by atoms with E-state index in [1.807, 2.05) is 11.5 Å². The van der Waals surface area contributed by atoms with E-state index < -0.39 is 5.60 Å². The number of methoxy groups -OCH3 is 1. The van der Waals surface area contributed by atoms with Crippen LogP contribution in [0, 0.1) is 6.92 Å². The van der Waals surface area contributed by atoms with E-state index in [0.29, 0.717) is 29.2 Å². The minimum Gasteiger partial charge on any atom is -0.393 e. The lowest BCUT2D eigenvalue weighted by Crippen LogP contribution is -2.40. The Morgan fingerprint density at radius 1 is 1.57 bits per heavy atom. The molecule has 0 aromatic carbocycles. The van der Waals surface area contributed by atoms with E-state index in [1.54, 1.807) is 20.4 Å². The van der Waals surface area contributed by atoms with Crippen LogP contribution in [0.25, 0.3) is 11.2 Å². The number of aliphatic hydroxyl groups excluding tert-OH is 1. The zero-order valence-electron chi connectivity index (χ0n) is 12.3. The second-order valence-electron chi connectivity index (χ2n) is 5.48. The summed E-state index contributed by atoms with van der Waals surface area (Å²) in [7, 11) is 1.61. The fourth-order valence-corrected chi connectivity index (χ4v) is 2.78. The zero-order valence-corrected chi connectivity index (χ0v) is 12.3. The smallest absolute Gasteiger partial charge is 0.167 e. The third kappa shape index (κ3) is 2.15. The molecule has 1 aliphatic rings. The van der Waals surface area contributed by atoms with Gasteiger partial charge in [0, 0.05) is 13.5 Å². The van der Waals surface area contributed by atoms with Crippen molar-refractivity contribution in [1.29, 1.82) is 0 Å². The van der Waals surface area contributed by atoms with E-state index in [1.165, 1.54) is 0 Å². The number of nitrogen functional groups attached to an aromatic ring is 1. The number of aromatic nitrogens is 4. The van der Waals surface area contributed by atoms with Crippen molar-refractivity contribution in [2.75, 3.05) is 19.5 Å². The maximum Gasteiger partial charge on any atom is 0.167 e. The molecule has 21 heavy (non-hydrogen) atoms. The first-order valence-electron chi connectivity index (χ1n) is 6.76. The number of nitrogens with two attached hydrogens (primary N) is 1. The van der Waals surface area contributed by atoms with Crippen molar-refractivity contribution in [3.8, 4) is 0 Å². The van der Waals surface area contributed by atoms with Crippen LogP contribution in [0.1, 0.15) is 25.4 Å². The first kappa shape index (κ1) is 14.2. The van der Waals surface area contributed by atoms with E-state index in [0.717, 1.165) is 0 Å².